The molecule has 1 aromatic rings. The van der Waals surface area contributed by atoms with E-state index in [1.54, 1.807) is 0 Å². The second-order valence-electron chi connectivity index (χ2n) is 3.74. The number of anilines is 1. The molecule has 86 valence electrons. The number of halogens is 1. The lowest BCUT2D eigenvalue weighted by Crippen LogP contribution is -2.39. The number of nitrogens with zero attached hydrogens (tertiary/aromatic N) is 2. The van der Waals surface area contributed by atoms with Gasteiger partial charge in [-0.25, -0.2) is 0 Å². The van der Waals surface area contributed by atoms with Crippen LogP contribution in [0.15, 0.2) is 16.9 Å². The Hall–Kier alpha value is -1.21. The van der Waals surface area contributed by atoms with Gasteiger partial charge in [-0.3, -0.25) is 15.1 Å². The lowest BCUT2D eigenvalue weighted by Gasteiger charge is -2.32. The minimum absolute atomic E-state index is 0.0595. The molecule has 0 atom stereocenters. The highest BCUT2D eigenvalue weighted by Crippen LogP contribution is 2.34. The van der Waals surface area contributed by atoms with Crippen LogP contribution in [-0.4, -0.2) is 27.2 Å². The average Bonchev–Trinajstić information content (AvgIpc) is 2.18. The zero-order valence-electron chi connectivity index (χ0n) is 8.26. The number of rotatable bonds is 3. The van der Waals surface area contributed by atoms with Crippen molar-refractivity contribution >= 4 is 27.3 Å². The van der Waals surface area contributed by atoms with E-state index in [0.717, 1.165) is 0 Å². The Morgan fingerprint density at radius 2 is 2.25 bits per heavy atom. The predicted octanol–water partition coefficient (Wildman–Crippen LogP) is 1.69. The van der Waals surface area contributed by atoms with Crippen molar-refractivity contribution in [2.45, 2.75) is 25.0 Å². The van der Waals surface area contributed by atoms with Gasteiger partial charge in [0.1, 0.15) is 11.9 Å². The average molecular weight is 288 g/mol. The van der Waals surface area contributed by atoms with Crippen LogP contribution in [0.25, 0.3) is 0 Å². The first-order valence-corrected chi connectivity index (χ1v) is 5.59. The molecule has 6 nitrogen and oxygen atoms in total. The summed E-state index contributed by atoms with van der Waals surface area (Å²) >= 11 is 3.22. The molecule has 0 spiro atoms. The fraction of sp³-hybridized carbons (Fsp3) is 0.444. The van der Waals surface area contributed by atoms with Crippen LogP contribution >= 0.6 is 15.9 Å². The Kier molecular flexibility index (Phi) is 3.06. The first-order chi connectivity index (χ1) is 7.58. The van der Waals surface area contributed by atoms with E-state index in [9.17, 15) is 10.1 Å². The molecular formula is C9H10BrN3O3. The van der Waals surface area contributed by atoms with E-state index < -0.39 is 4.92 Å². The van der Waals surface area contributed by atoms with Gasteiger partial charge in [-0.2, -0.15) is 0 Å². The van der Waals surface area contributed by atoms with Gasteiger partial charge in [-0.05, 0) is 28.8 Å². The number of hydrogen-bond donors (Lipinski definition) is 2. The van der Waals surface area contributed by atoms with Gasteiger partial charge in [0, 0.05) is 12.2 Å². The lowest BCUT2D eigenvalue weighted by atomic mass is 9.89. The molecular weight excluding hydrogens is 278 g/mol. The van der Waals surface area contributed by atoms with Crippen molar-refractivity contribution in [2.75, 3.05) is 5.32 Å². The van der Waals surface area contributed by atoms with E-state index in [4.69, 9.17) is 5.11 Å². The summed E-state index contributed by atoms with van der Waals surface area (Å²) in [4.78, 5) is 14.1. The summed E-state index contributed by atoms with van der Waals surface area (Å²) in [5.74, 6) is 0. The van der Waals surface area contributed by atoms with E-state index in [-0.39, 0.29) is 17.8 Å². The van der Waals surface area contributed by atoms with Crippen molar-refractivity contribution < 1.29 is 10.0 Å². The molecule has 0 aromatic carbocycles. The first kappa shape index (κ1) is 11.3. The van der Waals surface area contributed by atoms with Gasteiger partial charge in [0.25, 0.3) is 0 Å². The Morgan fingerprint density at radius 1 is 1.56 bits per heavy atom. The van der Waals surface area contributed by atoms with Crippen molar-refractivity contribution in [3.63, 3.8) is 0 Å². The molecule has 2 N–H and O–H groups in total. The highest BCUT2D eigenvalue weighted by atomic mass is 79.9. The monoisotopic (exact) mass is 287 g/mol. The predicted molar refractivity (Wildman–Crippen MR) is 61.2 cm³/mol. The summed E-state index contributed by atoms with van der Waals surface area (Å²) in [5, 5.41) is 23.0. The fourth-order valence-corrected chi connectivity index (χ4v) is 2.05. The fourth-order valence-electron chi connectivity index (χ4n) is 1.62. The second kappa shape index (κ2) is 4.34. The summed E-state index contributed by atoms with van der Waals surface area (Å²) in [6, 6.07) is 0.0902. The molecule has 16 heavy (non-hydrogen) atoms. The number of pyridine rings is 1. The van der Waals surface area contributed by atoms with E-state index in [1.807, 2.05) is 0 Å². The molecule has 0 bridgehead atoms. The number of aliphatic hydroxyl groups is 1. The zero-order chi connectivity index (χ0) is 11.7. The standard InChI is InChI=1S/C9H10BrN3O3/c10-7-3-11-4-8(13(15)16)9(7)12-5-1-6(14)2-5/h3-6,14H,1-2H2,(H,11,12). The summed E-state index contributed by atoms with van der Waals surface area (Å²) < 4.78 is 0.558. The normalized spacial score (nSPS) is 23.6. The van der Waals surface area contributed by atoms with Gasteiger partial charge < -0.3 is 10.4 Å². The molecule has 1 aromatic heterocycles. The van der Waals surface area contributed by atoms with Crippen LogP contribution in [0.2, 0.25) is 0 Å². The van der Waals surface area contributed by atoms with Crippen LogP contribution in [0, 0.1) is 10.1 Å². The molecule has 2 rings (SSSR count). The minimum Gasteiger partial charge on any atom is -0.393 e. The van der Waals surface area contributed by atoms with Gasteiger partial charge in [0.15, 0.2) is 0 Å². The Bertz CT molecular complexity index is 420. The van der Waals surface area contributed by atoms with E-state index in [2.05, 4.69) is 26.2 Å². The molecule has 1 heterocycles. The molecule has 0 aliphatic heterocycles. The van der Waals surface area contributed by atoms with Gasteiger partial charge in [0.05, 0.1) is 15.5 Å². The Labute approximate surface area is 100.0 Å². The lowest BCUT2D eigenvalue weighted by molar-refractivity contribution is -0.384. The SMILES string of the molecule is O=[N+]([O-])c1cncc(Br)c1NC1CC(O)C1. The van der Waals surface area contributed by atoms with Crippen molar-refractivity contribution in [1.82, 2.24) is 4.98 Å². The third-order valence-electron chi connectivity index (χ3n) is 2.54. The number of hydrogen-bond acceptors (Lipinski definition) is 5. The van der Waals surface area contributed by atoms with Gasteiger partial charge >= 0.3 is 5.69 Å². The molecule has 1 saturated carbocycles. The molecule has 1 aliphatic rings. The van der Waals surface area contributed by atoms with Crippen molar-refractivity contribution in [3.05, 3.63) is 27.0 Å². The van der Waals surface area contributed by atoms with Crippen molar-refractivity contribution in [2.24, 2.45) is 0 Å². The number of nitro groups is 1. The highest BCUT2D eigenvalue weighted by molar-refractivity contribution is 9.10. The molecule has 7 heteroatoms. The molecule has 1 fully saturated rings. The van der Waals surface area contributed by atoms with Crippen LogP contribution < -0.4 is 5.32 Å². The molecule has 0 unspecified atom stereocenters. The largest absolute Gasteiger partial charge is 0.393 e. The molecule has 0 saturated heterocycles. The van der Waals surface area contributed by atoms with Crippen LogP contribution in [0.4, 0.5) is 11.4 Å². The third-order valence-corrected chi connectivity index (χ3v) is 3.14. The minimum atomic E-state index is -0.477. The van der Waals surface area contributed by atoms with E-state index in [0.29, 0.717) is 23.0 Å². The first-order valence-electron chi connectivity index (χ1n) is 4.80. The Balaban J connectivity index is 2.21. The van der Waals surface area contributed by atoms with E-state index in [1.165, 1.54) is 12.4 Å². The maximum atomic E-state index is 10.8. The summed E-state index contributed by atoms with van der Waals surface area (Å²) in [6.07, 6.45) is 3.65. The zero-order valence-corrected chi connectivity index (χ0v) is 9.85. The molecule has 0 amide bonds. The van der Waals surface area contributed by atoms with Crippen LogP contribution in [-0.2, 0) is 0 Å². The Morgan fingerprint density at radius 3 is 2.81 bits per heavy atom. The second-order valence-corrected chi connectivity index (χ2v) is 4.59. The molecule has 1 aliphatic carbocycles. The topological polar surface area (TPSA) is 88.3 Å². The van der Waals surface area contributed by atoms with Gasteiger partial charge in [0.2, 0.25) is 0 Å². The summed E-state index contributed by atoms with van der Waals surface area (Å²) in [6.45, 7) is 0. The van der Waals surface area contributed by atoms with Gasteiger partial charge in [-0.15, -0.1) is 0 Å². The van der Waals surface area contributed by atoms with Crippen molar-refractivity contribution in [3.8, 4) is 0 Å². The number of aromatic nitrogens is 1. The quantitative estimate of drug-likeness (QED) is 0.652. The maximum absolute atomic E-state index is 10.8. The highest BCUT2D eigenvalue weighted by Gasteiger charge is 2.29. The third kappa shape index (κ3) is 2.14. The summed E-state index contributed by atoms with van der Waals surface area (Å²) in [5.41, 5.74) is 0.368. The molecule has 0 radical (unpaired) electrons. The number of nitrogens with one attached hydrogen (secondary N) is 1. The number of aliphatic hydroxyl groups excluding tert-OH is 1. The van der Waals surface area contributed by atoms with Crippen LogP contribution in [0.5, 0.6) is 0 Å². The smallest absolute Gasteiger partial charge is 0.311 e. The van der Waals surface area contributed by atoms with Crippen LogP contribution in [0.3, 0.4) is 0 Å². The van der Waals surface area contributed by atoms with Gasteiger partial charge in [-0.1, -0.05) is 0 Å². The maximum Gasteiger partial charge on any atom is 0.311 e. The van der Waals surface area contributed by atoms with Crippen LogP contribution in [0.1, 0.15) is 12.8 Å². The van der Waals surface area contributed by atoms with E-state index >= 15 is 0 Å². The van der Waals surface area contributed by atoms with Crippen molar-refractivity contribution in [1.29, 1.82) is 0 Å². The summed E-state index contributed by atoms with van der Waals surface area (Å²) in [7, 11) is 0.